The maximum absolute atomic E-state index is 11.9. The van der Waals surface area contributed by atoms with Gasteiger partial charge < -0.3 is 10.6 Å². The average Bonchev–Trinajstić information content (AvgIpc) is 2.91. The first-order chi connectivity index (χ1) is 10.5. The molecule has 2 rings (SSSR count). The molecule has 2 amide bonds. The van der Waals surface area contributed by atoms with E-state index in [2.05, 4.69) is 66.7 Å². The third kappa shape index (κ3) is 5.07. The van der Waals surface area contributed by atoms with Gasteiger partial charge in [-0.3, -0.25) is 0 Å². The molecule has 0 unspecified atom stereocenters. The highest BCUT2D eigenvalue weighted by atomic mass is 79.9. The molecule has 7 heteroatoms. The molecule has 22 heavy (non-hydrogen) atoms. The molecule has 0 aliphatic rings. The molecule has 0 spiro atoms. The SMILES string of the molecule is CC(C)c1nc(CCNC(=O)Nc2ccc(Br)cc2Br)cs1. The van der Waals surface area contributed by atoms with Gasteiger partial charge in [0.05, 0.1) is 16.4 Å². The van der Waals surface area contributed by atoms with E-state index in [9.17, 15) is 4.79 Å². The largest absolute Gasteiger partial charge is 0.337 e. The number of hydrogen-bond donors (Lipinski definition) is 2. The van der Waals surface area contributed by atoms with Crippen LogP contribution < -0.4 is 10.6 Å². The minimum atomic E-state index is -0.220. The predicted octanol–water partition coefficient (Wildman–Crippen LogP) is 5.16. The van der Waals surface area contributed by atoms with Crippen LogP contribution in [-0.4, -0.2) is 17.6 Å². The van der Waals surface area contributed by atoms with E-state index < -0.39 is 0 Å². The molecule has 0 saturated heterocycles. The van der Waals surface area contributed by atoms with Crippen LogP contribution in [0.1, 0.15) is 30.5 Å². The molecule has 0 saturated carbocycles. The molecule has 1 aromatic carbocycles. The summed E-state index contributed by atoms with van der Waals surface area (Å²) in [5, 5.41) is 8.85. The molecular formula is C15H17Br2N3OS. The highest BCUT2D eigenvalue weighted by Crippen LogP contribution is 2.26. The van der Waals surface area contributed by atoms with Gasteiger partial charge >= 0.3 is 6.03 Å². The Morgan fingerprint density at radius 2 is 2.14 bits per heavy atom. The van der Waals surface area contributed by atoms with E-state index in [1.54, 1.807) is 11.3 Å². The Bertz CT molecular complexity index is 658. The van der Waals surface area contributed by atoms with Crippen molar-refractivity contribution in [3.63, 3.8) is 0 Å². The van der Waals surface area contributed by atoms with Crippen molar-refractivity contribution in [2.45, 2.75) is 26.2 Å². The predicted molar refractivity (Wildman–Crippen MR) is 98.8 cm³/mol. The standard InChI is InChI=1S/C15H17Br2N3OS/c1-9(2)14-19-11(8-22-14)5-6-18-15(21)20-13-4-3-10(16)7-12(13)17/h3-4,7-9H,5-6H2,1-2H3,(H2,18,20,21). The fourth-order valence-corrected chi connectivity index (χ4v) is 3.78. The summed E-state index contributed by atoms with van der Waals surface area (Å²) in [4.78, 5) is 16.4. The van der Waals surface area contributed by atoms with E-state index in [1.807, 2.05) is 18.2 Å². The summed E-state index contributed by atoms with van der Waals surface area (Å²) in [6.07, 6.45) is 0.734. The Morgan fingerprint density at radius 1 is 1.36 bits per heavy atom. The fourth-order valence-electron chi connectivity index (χ4n) is 1.76. The normalized spacial score (nSPS) is 10.8. The lowest BCUT2D eigenvalue weighted by Gasteiger charge is -2.09. The van der Waals surface area contributed by atoms with E-state index in [-0.39, 0.29) is 6.03 Å². The van der Waals surface area contributed by atoms with Crippen LogP contribution in [0.5, 0.6) is 0 Å². The summed E-state index contributed by atoms with van der Waals surface area (Å²) in [6, 6.07) is 5.38. The van der Waals surface area contributed by atoms with Crippen molar-refractivity contribution in [3.05, 3.63) is 43.2 Å². The first-order valence-electron chi connectivity index (χ1n) is 6.90. The van der Waals surface area contributed by atoms with Crippen molar-refractivity contribution in [2.24, 2.45) is 0 Å². The maximum atomic E-state index is 11.9. The Morgan fingerprint density at radius 3 is 2.77 bits per heavy atom. The zero-order valence-electron chi connectivity index (χ0n) is 12.3. The number of nitrogens with zero attached hydrogens (tertiary/aromatic N) is 1. The van der Waals surface area contributed by atoms with Crippen LogP contribution in [0.15, 0.2) is 32.5 Å². The third-order valence-electron chi connectivity index (χ3n) is 2.91. The first-order valence-corrected chi connectivity index (χ1v) is 9.36. The summed E-state index contributed by atoms with van der Waals surface area (Å²) in [5.74, 6) is 0.449. The molecule has 118 valence electrons. The molecule has 0 radical (unpaired) electrons. The van der Waals surface area contributed by atoms with E-state index in [0.29, 0.717) is 12.5 Å². The number of benzene rings is 1. The number of nitrogens with one attached hydrogen (secondary N) is 2. The Balaban J connectivity index is 1.80. The number of rotatable bonds is 5. The van der Waals surface area contributed by atoms with Crippen LogP contribution >= 0.6 is 43.2 Å². The van der Waals surface area contributed by atoms with Crippen molar-refractivity contribution in [1.82, 2.24) is 10.3 Å². The van der Waals surface area contributed by atoms with Crippen LogP contribution in [-0.2, 0) is 6.42 Å². The summed E-state index contributed by atoms with van der Waals surface area (Å²) in [6.45, 7) is 4.82. The number of anilines is 1. The van der Waals surface area contributed by atoms with Gasteiger partial charge in [0.25, 0.3) is 0 Å². The smallest absolute Gasteiger partial charge is 0.319 e. The second-order valence-electron chi connectivity index (χ2n) is 5.09. The van der Waals surface area contributed by atoms with Crippen LogP contribution in [0.4, 0.5) is 10.5 Å². The van der Waals surface area contributed by atoms with Crippen molar-refractivity contribution in [2.75, 3.05) is 11.9 Å². The minimum Gasteiger partial charge on any atom is -0.337 e. The quantitative estimate of drug-likeness (QED) is 0.666. The van der Waals surface area contributed by atoms with E-state index >= 15 is 0 Å². The zero-order valence-corrected chi connectivity index (χ0v) is 16.3. The average molecular weight is 447 g/mol. The number of thiazole rings is 1. The topological polar surface area (TPSA) is 54.0 Å². The van der Waals surface area contributed by atoms with Crippen molar-refractivity contribution in [1.29, 1.82) is 0 Å². The molecule has 0 atom stereocenters. The molecule has 4 nitrogen and oxygen atoms in total. The van der Waals surface area contributed by atoms with E-state index in [4.69, 9.17) is 0 Å². The van der Waals surface area contributed by atoms with Gasteiger partial charge in [-0.15, -0.1) is 11.3 Å². The molecule has 0 aliphatic carbocycles. The zero-order chi connectivity index (χ0) is 16.1. The second kappa shape index (κ2) is 8.08. The fraction of sp³-hybridized carbons (Fsp3) is 0.333. The summed E-state index contributed by atoms with van der Waals surface area (Å²) < 4.78 is 1.79. The molecule has 0 bridgehead atoms. The molecular weight excluding hydrogens is 430 g/mol. The Kier molecular flexibility index (Phi) is 6.40. The minimum absolute atomic E-state index is 0.220. The summed E-state index contributed by atoms with van der Waals surface area (Å²) in [5.41, 5.74) is 1.76. The number of urea groups is 1. The van der Waals surface area contributed by atoms with Crippen LogP contribution in [0.3, 0.4) is 0 Å². The number of halogens is 2. The lowest BCUT2D eigenvalue weighted by Crippen LogP contribution is -2.30. The molecule has 2 aromatic rings. The van der Waals surface area contributed by atoms with Crippen LogP contribution in [0, 0.1) is 0 Å². The highest BCUT2D eigenvalue weighted by Gasteiger charge is 2.08. The molecule has 2 N–H and O–H groups in total. The summed E-state index contributed by atoms with van der Waals surface area (Å²) in [7, 11) is 0. The molecule has 0 aliphatic heterocycles. The van der Waals surface area contributed by atoms with Gasteiger partial charge in [-0.25, -0.2) is 9.78 Å². The number of aromatic nitrogens is 1. The van der Waals surface area contributed by atoms with Gasteiger partial charge in [0.2, 0.25) is 0 Å². The third-order valence-corrected chi connectivity index (χ3v) is 5.25. The van der Waals surface area contributed by atoms with Gasteiger partial charge in [-0.05, 0) is 34.1 Å². The molecule has 0 fully saturated rings. The number of amides is 2. The number of hydrogen-bond acceptors (Lipinski definition) is 3. The van der Waals surface area contributed by atoms with Gasteiger partial charge in [0.15, 0.2) is 0 Å². The maximum Gasteiger partial charge on any atom is 0.319 e. The lowest BCUT2D eigenvalue weighted by molar-refractivity contribution is 0.252. The Hall–Kier alpha value is -0.920. The van der Waals surface area contributed by atoms with Crippen LogP contribution in [0.2, 0.25) is 0 Å². The highest BCUT2D eigenvalue weighted by molar-refractivity contribution is 9.11. The second-order valence-corrected chi connectivity index (χ2v) is 7.75. The van der Waals surface area contributed by atoms with Gasteiger partial charge in [0, 0.05) is 33.2 Å². The Labute approximate surface area is 151 Å². The first kappa shape index (κ1) is 17.4. The van der Waals surface area contributed by atoms with Crippen LogP contribution in [0.25, 0.3) is 0 Å². The number of carbonyl (C=O) groups excluding carboxylic acids is 1. The van der Waals surface area contributed by atoms with E-state index in [0.717, 1.165) is 31.8 Å². The molecule has 1 aromatic heterocycles. The van der Waals surface area contributed by atoms with Gasteiger partial charge in [0.1, 0.15) is 0 Å². The monoisotopic (exact) mass is 445 g/mol. The number of carbonyl (C=O) groups is 1. The molecule has 1 heterocycles. The van der Waals surface area contributed by atoms with Gasteiger partial charge in [-0.2, -0.15) is 0 Å². The van der Waals surface area contributed by atoms with Crippen molar-refractivity contribution < 1.29 is 4.79 Å². The van der Waals surface area contributed by atoms with Crippen molar-refractivity contribution >= 4 is 54.9 Å². The van der Waals surface area contributed by atoms with Crippen molar-refractivity contribution in [3.8, 4) is 0 Å². The summed E-state index contributed by atoms with van der Waals surface area (Å²) >= 11 is 8.47. The lowest BCUT2D eigenvalue weighted by atomic mass is 10.2. The van der Waals surface area contributed by atoms with Gasteiger partial charge in [-0.1, -0.05) is 29.8 Å². The van der Waals surface area contributed by atoms with E-state index in [1.165, 1.54) is 0 Å².